The molecule has 4 rings (SSSR count). The molecule has 4 fully saturated rings. The molecule has 4 bridgehead atoms. The second-order valence-electron chi connectivity index (χ2n) is 7.23. The number of hydrogen-bond acceptors (Lipinski definition) is 3. The molecule has 98 valence electrons. The number of nitrogens with zero attached hydrogens (tertiary/aromatic N) is 1. The normalized spacial score (nSPS) is 50.6. The number of nitrogens with two attached hydrogens (primary N) is 1. The molecular formula is C12H22N2O3. The molecule has 0 radical (unpaired) electrons. The molecule has 0 aromatic carbocycles. The third kappa shape index (κ3) is 2.54. The zero-order valence-electron chi connectivity index (χ0n) is 10.6. The standard InChI is InChI=1S/C12H21N.HNO3/c1-10-3-9-4-11(2,6-10)8-12(13,5-9)7-10;2-1(3)4/h9H,3-8,13H2,1-2H3;(H,2,3,4). The van der Waals surface area contributed by atoms with Crippen LogP contribution in [-0.4, -0.2) is 15.8 Å². The van der Waals surface area contributed by atoms with Gasteiger partial charge < -0.3 is 10.9 Å². The van der Waals surface area contributed by atoms with E-state index < -0.39 is 5.09 Å². The Morgan fingerprint density at radius 1 is 1.18 bits per heavy atom. The minimum absolute atomic E-state index is 0.225. The van der Waals surface area contributed by atoms with E-state index in [2.05, 4.69) is 13.8 Å². The maximum atomic E-state index is 8.36. The first kappa shape index (κ1) is 12.6. The monoisotopic (exact) mass is 242 g/mol. The van der Waals surface area contributed by atoms with E-state index in [0.717, 1.165) is 5.92 Å². The van der Waals surface area contributed by atoms with Crippen molar-refractivity contribution in [3.63, 3.8) is 0 Å². The summed E-state index contributed by atoms with van der Waals surface area (Å²) in [6, 6.07) is 0. The van der Waals surface area contributed by atoms with E-state index in [0.29, 0.717) is 10.8 Å². The summed E-state index contributed by atoms with van der Waals surface area (Å²) in [4.78, 5) is 8.36. The lowest BCUT2D eigenvalue weighted by molar-refractivity contribution is -0.742. The zero-order valence-corrected chi connectivity index (χ0v) is 10.6. The van der Waals surface area contributed by atoms with E-state index in [9.17, 15) is 0 Å². The van der Waals surface area contributed by atoms with Gasteiger partial charge in [0.2, 0.25) is 0 Å². The molecule has 4 saturated carbocycles. The van der Waals surface area contributed by atoms with Gasteiger partial charge in [-0.05, 0) is 55.3 Å². The summed E-state index contributed by atoms with van der Waals surface area (Å²) in [5.74, 6) is 0.955. The summed E-state index contributed by atoms with van der Waals surface area (Å²) < 4.78 is 0. The highest BCUT2D eigenvalue weighted by Crippen LogP contribution is 2.65. The van der Waals surface area contributed by atoms with Crippen molar-refractivity contribution in [2.24, 2.45) is 22.5 Å². The zero-order chi connectivity index (χ0) is 12.9. The van der Waals surface area contributed by atoms with Gasteiger partial charge in [0.15, 0.2) is 0 Å². The van der Waals surface area contributed by atoms with Gasteiger partial charge in [-0.2, -0.15) is 0 Å². The van der Waals surface area contributed by atoms with Gasteiger partial charge in [0.05, 0.1) is 0 Å². The lowest BCUT2D eigenvalue weighted by Gasteiger charge is -2.64. The maximum Gasteiger partial charge on any atom is 0.291 e. The van der Waals surface area contributed by atoms with Crippen LogP contribution in [0.4, 0.5) is 0 Å². The average Bonchev–Trinajstić information content (AvgIpc) is 1.90. The fraction of sp³-hybridized carbons (Fsp3) is 1.00. The Kier molecular flexibility index (Phi) is 2.65. The molecule has 4 aliphatic rings. The van der Waals surface area contributed by atoms with Crippen LogP contribution in [0, 0.1) is 26.9 Å². The summed E-state index contributed by atoms with van der Waals surface area (Å²) in [6.45, 7) is 4.94. The van der Waals surface area contributed by atoms with E-state index in [1.165, 1.54) is 38.5 Å². The third-order valence-corrected chi connectivity index (χ3v) is 4.67. The van der Waals surface area contributed by atoms with E-state index >= 15 is 0 Å². The van der Waals surface area contributed by atoms with Crippen LogP contribution in [0.2, 0.25) is 0 Å². The largest absolute Gasteiger partial charge is 0.328 e. The van der Waals surface area contributed by atoms with Crippen molar-refractivity contribution in [2.45, 2.75) is 57.9 Å². The van der Waals surface area contributed by atoms with Gasteiger partial charge in [-0.15, -0.1) is 10.1 Å². The average molecular weight is 242 g/mol. The summed E-state index contributed by atoms with van der Waals surface area (Å²) in [7, 11) is 0. The van der Waals surface area contributed by atoms with Gasteiger partial charge in [0.25, 0.3) is 5.09 Å². The van der Waals surface area contributed by atoms with Gasteiger partial charge in [0.1, 0.15) is 0 Å². The molecule has 0 saturated heterocycles. The third-order valence-electron chi connectivity index (χ3n) is 4.67. The van der Waals surface area contributed by atoms with Crippen molar-refractivity contribution in [3.8, 4) is 0 Å². The Balaban J connectivity index is 0.000000239. The van der Waals surface area contributed by atoms with Crippen LogP contribution < -0.4 is 5.73 Å². The van der Waals surface area contributed by atoms with Crippen LogP contribution >= 0.6 is 0 Å². The quantitative estimate of drug-likeness (QED) is 0.504. The van der Waals surface area contributed by atoms with Crippen LogP contribution in [0.15, 0.2) is 0 Å². The number of hydrogen-bond donors (Lipinski definition) is 2. The van der Waals surface area contributed by atoms with Gasteiger partial charge >= 0.3 is 0 Å². The second-order valence-corrected chi connectivity index (χ2v) is 7.23. The van der Waals surface area contributed by atoms with Crippen LogP contribution in [-0.2, 0) is 0 Å². The smallest absolute Gasteiger partial charge is 0.291 e. The lowest BCUT2D eigenvalue weighted by atomic mass is 9.43. The molecule has 4 aliphatic carbocycles. The summed E-state index contributed by atoms with van der Waals surface area (Å²) in [6.07, 6.45) is 8.27. The first-order chi connectivity index (χ1) is 7.64. The van der Waals surface area contributed by atoms with Gasteiger partial charge in [-0.1, -0.05) is 13.8 Å². The fourth-order valence-electron chi connectivity index (χ4n) is 5.54. The van der Waals surface area contributed by atoms with Crippen molar-refractivity contribution in [3.05, 3.63) is 10.1 Å². The first-order valence-corrected chi connectivity index (χ1v) is 6.26. The Morgan fingerprint density at radius 2 is 1.59 bits per heavy atom. The molecule has 0 aromatic heterocycles. The fourth-order valence-corrected chi connectivity index (χ4v) is 5.54. The second kappa shape index (κ2) is 3.57. The van der Waals surface area contributed by atoms with Crippen molar-refractivity contribution in [1.82, 2.24) is 0 Å². The molecule has 0 aromatic rings. The van der Waals surface area contributed by atoms with Gasteiger partial charge in [0, 0.05) is 5.54 Å². The predicted molar refractivity (Wildman–Crippen MR) is 63.1 cm³/mol. The Labute approximate surface area is 101 Å². The van der Waals surface area contributed by atoms with Crippen LogP contribution in [0.3, 0.4) is 0 Å². The summed E-state index contributed by atoms with van der Waals surface area (Å²) in [5.41, 5.74) is 7.92. The van der Waals surface area contributed by atoms with Gasteiger partial charge in [-0.25, -0.2) is 0 Å². The molecular weight excluding hydrogens is 220 g/mol. The highest BCUT2D eigenvalue weighted by Gasteiger charge is 2.58. The van der Waals surface area contributed by atoms with E-state index in [1.807, 2.05) is 0 Å². The van der Waals surface area contributed by atoms with Crippen molar-refractivity contribution >= 4 is 0 Å². The highest BCUT2D eigenvalue weighted by atomic mass is 16.9. The molecule has 0 aliphatic heterocycles. The molecule has 0 amide bonds. The molecule has 3 N–H and O–H groups in total. The summed E-state index contributed by atoms with van der Waals surface area (Å²) >= 11 is 0. The van der Waals surface area contributed by atoms with E-state index in [4.69, 9.17) is 21.1 Å². The minimum Gasteiger partial charge on any atom is -0.328 e. The maximum absolute atomic E-state index is 8.36. The van der Waals surface area contributed by atoms with Crippen LogP contribution in [0.5, 0.6) is 0 Å². The van der Waals surface area contributed by atoms with Gasteiger partial charge in [-0.3, -0.25) is 0 Å². The molecule has 17 heavy (non-hydrogen) atoms. The van der Waals surface area contributed by atoms with Crippen molar-refractivity contribution in [2.75, 3.05) is 0 Å². The topological polar surface area (TPSA) is 89.4 Å². The molecule has 2 unspecified atom stereocenters. The molecule has 0 heterocycles. The minimum atomic E-state index is -1.50. The molecule has 5 nitrogen and oxygen atoms in total. The molecule has 5 heteroatoms. The Morgan fingerprint density at radius 3 is 1.88 bits per heavy atom. The molecule has 2 atom stereocenters. The Hall–Kier alpha value is -0.840. The van der Waals surface area contributed by atoms with Crippen molar-refractivity contribution < 1.29 is 10.3 Å². The van der Waals surface area contributed by atoms with E-state index in [-0.39, 0.29) is 5.54 Å². The summed E-state index contributed by atoms with van der Waals surface area (Å²) in [5, 5.41) is 13.6. The number of rotatable bonds is 0. The molecule has 0 spiro atoms. The first-order valence-electron chi connectivity index (χ1n) is 6.26. The van der Waals surface area contributed by atoms with E-state index in [1.54, 1.807) is 0 Å². The highest BCUT2D eigenvalue weighted by molar-refractivity contribution is 5.12. The Bertz CT molecular complexity index is 290. The predicted octanol–water partition coefficient (Wildman–Crippen LogP) is 2.35. The SMILES string of the molecule is CC12CC3CC(C)(C1)CC(N)(C3)C2.O=[N+]([O-])O. The van der Waals surface area contributed by atoms with Crippen molar-refractivity contribution in [1.29, 1.82) is 0 Å². The lowest BCUT2D eigenvalue weighted by Crippen LogP contribution is -2.62. The van der Waals surface area contributed by atoms with Crippen LogP contribution in [0.1, 0.15) is 52.4 Å². The van der Waals surface area contributed by atoms with Crippen LogP contribution in [0.25, 0.3) is 0 Å².